The molecule has 2 aromatic carbocycles. The van der Waals surface area contributed by atoms with Gasteiger partial charge in [-0.05, 0) is 19.1 Å². The molecule has 0 amide bonds. The van der Waals surface area contributed by atoms with Gasteiger partial charge in [-0.3, -0.25) is 0 Å². The summed E-state index contributed by atoms with van der Waals surface area (Å²) in [5.74, 6) is -14.1. The molecule has 28 heavy (non-hydrogen) atoms. The zero-order valence-electron chi connectivity index (χ0n) is 14.4. The Kier molecular flexibility index (Phi) is 6.91. The summed E-state index contributed by atoms with van der Waals surface area (Å²) in [7, 11) is 0. The fourth-order valence-corrected chi connectivity index (χ4v) is 2.12. The van der Waals surface area contributed by atoms with E-state index in [0.717, 1.165) is 0 Å². The minimum absolute atomic E-state index is 0.0602. The predicted octanol–water partition coefficient (Wildman–Crippen LogP) is 3.79. The van der Waals surface area contributed by atoms with Crippen molar-refractivity contribution in [2.45, 2.75) is 6.92 Å². The molecule has 0 saturated heterocycles. The third-order valence-electron chi connectivity index (χ3n) is 3.37. The second-order valence-electron chi connectivity index (χ2n) is 5.15. The van der Waals surface area contributed by atoms with E-state index < -0.39 is 60.0 Å². The van der Waals surface area contributed by atoms with Crippen molar-refractivity contribution >= 4 is 11.9 Å². The standard InChI is InChI=1S/C18H13F5O5/c1-2-26-17(24)9-5-3-4-6-10(9)18(25)28-8-7-27-16-14(22)12(20)11(19)13(21)15(16)23/h3-6H,2,7-8H2,1H3. The van der Waals surface area contributed by atoms with Gasteiger partial charge in [-0.15, -0.1) is 0 Å². The highest BCUT2D eigenvalue weighted by molar-refractivity contribution is 6.03. The van der Waals surface area contributed by atoms with Crippen molar-refractivity contribution in [3.8, 4) is 5.75 Å². The van der Waals surface area contributed by atoms with Crippen LogP contribution in [0.1, 0.15) is 27.6 Å². The molecule has 0 heterocycles. The highest BCUT2D eigenvalue weighted by Gasteiger charge is 2.27. The molecular weight excluding hydrogens is 391 g/mol. The van der Waals surface area contributed by atoms with E-state index in [0.29, 0.717) is 0 Å². The zero-order valence-corrected chi connectivity index (χ0v) is 14.4. The van der Waals surface area contributed by atoms with Gasteiger partial charge in [0.2, 0.25) is 29.1 Å². The van der Waals surface area contributed by atoms with Crippen LogP contribution in [0.3, 0.4) is 0 Å². The number of carbonyl (C=O) groups is 2. The monoisotopic (exact) mass is 404 g/mol. The maximum Gasteiger partial charge on any atom is 0.339 e. The fraction of sp³-hybridized carbons (Fsp3) is 0.222. The van der Waals surface area contributed by atoms with E-state index in [1.807, 2.05) is 0 Å². The van der Waals surface area contributed by atoms with Crippen LogP contribution >= 0.6 is 0 Å². The lowest BCUT2D eigenvalue weighted by atomic mass is 10.1. The number of ether oxygens (including phenoxy) is 3. The van der Waals surface area contributed by atoms with Crippen LogP contribution in [0.25, 0.3) is 0 Å². The first-order valence-corrected chi connectivity index (χ1v) is 7.87. The molecule has 2 aromatic rings. The zero-order chi connectivity index (χ0) is 20.8. The van der Waals surface area contributed by atoms with Crippen LogP contribution in [0.15, 0.2) is 24.3 Å². The second-order valence-corrected chi connectivity index (χ2v) is 5.15. The number of esters is 2. The Bertz CT molecular complexity index is 871. The molecule has 0 aliphatic rings. The number of hydrogen-bond acceptors (Lipinski definition) is 5. The topological polar surface area (TPSA) is 61.8 Å². The number of benzene rings is 2. The van der Waals surface area contributed by atoms with Crippen LogP contribution in [0.5, 0.6) is 5.75 Å². The molecule has 0 spiro atoms. The minimum atomic E-state index is -2.32. The van der Waals surface area contributed by atoms with Gasteiger partial charge in [0.25, 0.3) is 0 Å². The van der Waals surface area contributed by atoms with Crippen molar-refractivity contribution in [1.29, 1.82) is 0 Å². The van der Waals surface area contributed by atoms with Gasteiger partial charge in [0, 0.05) is 0 Å². The van der Waals surface area contributed by atoms with Gasteiger partial charge in [0.1, 0.15) is 13.2 Å². The maximum atomic E-state index is 13.5. The van der Waals surface area contributed by atoms with Gasteiger partial charge >= 0.3 is 11.9 Å². The van der Waals surface area contributed by atoms with Gasteiger partial charge in [0.05, 0.1) is 17.7 Å². The van der Waals surface area contributed by atoms with Gasteiger partial charge in [-0.2, -0.15) is 8.78 Å². The molecule has 0 bridgehead atoms. The average molecular weight is 404 g/mol. The van der Waals surface area contributed by atoms with Crippen LogP contribution in [-0.4, -0.2) is 31.8 Å². The largest absolute Gasteiger partial charge is 0.484 e. The van der Waals surface area contributed by atoms with Gasteiger partial charge in [-0.1, -0.05) is 12.1 Å². The number of carbonyl (C=O) groups excluding carboxylic acids is 2. The van der Waals surface area contributed by atoms with Crippen molar-refractivity contribution in [3.63, 3.8) is 0 Å². The third-order valence-corrected chi connectivity index (χ3v) is 3.37. The van der Waals surface area contributed by atoms with E-state index in [-0.39, 0.29) is 17.7 Å². The van der Waals surface area contributed by atoms with Crippen molar-refractivity contribution in [2.24, 2.45) is 0 Å². The lowest BCUT2D eigenvalue weighted by Gasteiger charge is -2.11. The molecule has 0 aliphatic carbocycles. The van der Waals surface area contributed by atoms with Crippen LogP contribution in [0.4, 0.5) is 22.0 Å². The van der Waals surface area contributed by atoms with E-state index in [1.165, 1.54) is 24.3 Å². The summed E-state index contributed by atoms with van der Waals surface area (Å²) >= 11 is 0. The SMILES string of the molecule is CCOC(=O)c1ccccc1C(=O)OCCOc1c(F)c(F)c(F)c(F)c1F. The Labute approximate surface area is 155 Å². The number of rotatable bonds is 7. The Morgan fingerprint density at radius 2 is 1.21 bits per heavy atom. The Hall–Kier alpha value is -3.17. The molecule has 0 aromatic heterocycles. The van der Waals surface area contributed by atoms with E-state index >= 15 is 0 Å². The van der Waals surface area contributed by atoms with E-state index in [9.17, 15) is 31.5 Å². The summed E-state index contributed by atoms with van der Waals surface area (Å²) in [6, 6.07) is 5.58. The lowest BCUT2D eigenvalue weighted by molar-refractivity contribution is 0.0424. The summed E-state index contributed by atoms with van der Waals surface area (Å²) < 4.78 is 80.2. The fourth-order valence-electron chi connectivity index (χ4n) is 2.12. The third kappa shape index (κ3) is 4.38. The Morgan fingerprint density at radius 1 is 0.750 bits per heavy atom. The van der Waals surface area contributed by atoms with Crippen molar-refractivity contribution in [2.75, 3.05) is 19.8 Å². The smallest absolute Gasteiger partial charge is 0.339 e. The predicted molar refractivity (Wildman–Crippen MR) is 84.4 cm³/mol. The molecule has 0 fully saturated rings. The lowest BCUT2D eigenvalue weighted by Crippen LogP contribution is -2.17. The average Bonchev–Trinajstić information content (AvgIpc) is 2.70. The first-order valence-electron chi connectivity index (χ1n) is 7.87. The minimum Gasteiger partial charge on any atom is -0.484 e. The van der Waals surface area contributed by atoms with Crippen LogP contribution < -0.4 is 4.74 Å². The molecule has 0 radical (unpaired) electrons. The molecule has 5 nitrogen and oxygen atoms in total. The maximum absolute atomic E-state index is 13.5. The summed E-state index contributed by atoms with van der Waals surface area (Å²) in [6.07, 6.45) is 0. The summed E-state index contributed by atoms with van der Waals surface area (Å²) in [5, 5.41) is 0. The quantitative estimate of drug-likeness (QED) is 0.231. The van der Waals surface area contributed by atoms with Crippen LogP contribution in [0, 0.1) is 29.1 Å². The number of halogens is 5. The molecule has 2 rings (SSSR count). The Morgan fingerprint density at radius 3 is 1.71 bits per heavy atom. The van der Waals surface area contributed by atoms with Crippen molar-refractivity contribution in [1.82, 2.24) is 0 Å². The van der Waals surface area contributed by atoms with Crippen molar-refractivity contribution in [3.05, 3.63) is 64.5 Å². The Balaban J connectivity index is 2.02. The first-order chi connectivity index (χ1) is 13.3. The summed E-state index contributed by atoms with van der Waals surface area (Å²) in [4.78, 5) is 23.9. The molecule has 0 unspecified atom stereocenters. The molecule has 150 valence electrons. The van der Waals surface area contributed by atoms with E-state index in [2.05, 4.69) is 4.74 Å². The van der Waals surface area contributed by atoms with E-state index in [1.54, 1.807) is 6.92 Å². The summed E-state index contributed by atoms with van der Waals surface area (Å²) in [6.45, 7) is 0.370. The molecule has 0 saturated carbocycles. The van der Waals surface area contributed by atoms with Gasteiger partial charge in [0.15, 0.2) is 5.75 Å². The normalized spacial score (nSPS) is 10.5. The van der Waals surface area contributed by atoms with Crippen LogP contribution in [-0.2, 0) is 9.47 Å². The molecule has 0 aliphatic heterocycles. The first kappa shape index (κ1) is 21.1. The second kappa shape index (κ2) is 9.16. The van der Waals surface area contributed by atoms with Crippen LogP contribution in [0.2, 0.25) is 0 Å². The van der Waals surface area contributed by atoms with Gasteiger partial charge in [-0.25, -0.2) is 22.8 Å². The highest BCUT2D eigenvalue weighted by Crippen LogP contribution is 2.29. The van der Waals surface area contributed by atoms with E-state index in [4.69, 9.17) is 9.47 Å². The summed E-state index contributed by atoms with van der Waals surface area (Å²) in [5.41, 5.74) is -0.188. The highest BCUT2D eigenvalue weighted by atomic mass is 19.2. The number of hydrogen-bond donors (Lipinski definition) is 0. The molecular formula is C18H13F5O5. The van der Waals surface area contributed by atoms with Gasteiger partial charge < -0.3 is 14.2 Å². The molecule has 0 atom stereocenters. The van der Waals surface area contributed by atoms with Crippen molar-refractivity contribution < 1.29 is 45.8 Å². The molecule has 0 N–H and O–H groups in total. The molecule has 10 heteroatoms.